The summed E-state index contributed by atoms with van der Waals surface area (Å²) in [5.74, 6) is 2.01. The van der Waals surface area contributed by atoms with E-state index in [0.29, 0.717) is 54.1 Å². The normalized spacial score (nSPS) is 17.2. The smallest absolute Gasteiger partial charge is 0.247 e. The maximum atomic E-state index is 11.5. The SMILES string of the molecule is C.C=CC(=O)N1CC(OCCC(C)(C)C)C1.C=CC(=O)N1CCCC(OCCC(C)(C)C)C1.C=CC(=O)N1CCN(CC(C)(C)C)CC1.C=CC(=O)N1CCN(CCC(C)(C)C)CC1.C=CC(=O)N1CCN(CCCC(C)(C)C)CC1.C=CC(=O)Nc1ccc(CC(C)(C)C)cc1.C=CC(=O)Nc1ccc(CCC(C)(C)C)cc1.CC(C)(C)C1CC1.CC(C)(C)CC1CC1.CC(C)(C)CN1CCCCC1.CN(C)CC(C)(C)C. The maximum absolute atomic E-state index is 11.5. The summed E-state index contributed by atoms with van der Waals surface area (Å²) in [5, 5.41) is 5.46. The lowest BCUT2D eigenvalue weighted by molar-refractivity contribution is -0.140. The molecule has 2 aromatic rings. The number of hydrogen-bond donors (Lipinski definition) is 2. The Bertz CT molecular complexity index is 4030. The van der Waals surface area contributed by atoms with Crippen LogP contribution in [0.3, 0.4) is 0 Å². The van der Waals surface area contributed by atoms with Gasteiger partial charge in [-0.25, -0.2) is 0 Å². The van der Waals surface area contributed by atoms with Gasteiger partial charge in [0.05, 0.1) is 12.2 Å². The number of carbonyl (C=O) groups is 7. The van der Waals surface area contributed by atoms with Crippen molar-refractivity contribution < 1.29 is 43.0 Å². The molecule has 7 amide bonds. The molecule has 21 nitrogen and oxygen atoms in total. The highest BCUT2D eigenvalue weighted by molar-refractivity contribution is 5.99. The van der Waals surface area contributed by atoms with Gasteiger partial charge in [-0.15, -0.1) is 0 Å². The highest BCUT2D eigenvalue weighted by atomic mass is 16.5. The van der Waals surface area contributed by atoms with Gasteiger partial charge < -0.3 is 54.4 Å². The van der Waals surface area contributed by atoms with Crippen LogP contribution in [0.4, 0.5) is 11.4 Å². The zero-order valence-corrected chi connectivity index (χ0v) is 101. The average molecular weight is 2070 g/mol. The number of nitrogens with zero attached hydrogens (tertiary/aromatic N) is 10. The summed E-state index contributed by atoms with van der Waals surface area (Å²) in [6.07, 6.45) is 32.8. The molecule has 2 aliphatic carbocycles. The summed E-state index contributed by atoms with van der Waals surface area (Å²) in [7, 11) is 4.20. The lowest BCUT2D eigenvalue weighted by Gasteiger charge is -2.38. The Labute approximate surface area is 911 Å². The van der Waals surface area contributed by atoms with Crippen LogP contribution in [0.1, 0.15) is 350 Å². The minimum Gasteiger partial charge on any atom is -0.376 e. The second kappa shape index (κ2) is 70.1. The number of hydrogen-bond acceptors (Lipinski definition) is 14. The van der Waals surface area contributed by atoms with Crippen LogP contribution in [0.25, 0.3) is 0 Å². The fourth-order valence-electron chi connectivity index (χ4n) is 17.1. The summed E-state index contributed by atoms with van der Waals surface area (Å²) < 4.78 is 11.5. The summed E-state index contributed by atoms with van der Waals surface area (Å²) in [4.78, 5) is 100. The summed E-state index contributed by atoms with van der Waals surface area (Å²) in [6.45, 7) is 123. The molecule has 6 saturated heterocycles. The van der Waals surface area contributed by atoms with Crippen LogP contribution in [-0.2, 0) is 55.9 Å². The van der Waals surface area contributed by atoms with E-state index < -0.39 is 0 Å². The number of benzene rings is 2. The van der Waals surface area contributed by atoms with Crippen molar-refractivity contribution in [1.29, 1.82) is 0 Å². The lowest BCUT2D eigenvalue weighted by atomic mass is 9.88. The molecule has 2 aromatic carbocycles. The van der Waals surface area contributed by atoms with E-state index >= 15 is 0 Å². The third-order valence-electron chi connectivity index (χ3n) is 25.5. The van der Waals surface area contributed by atoms with Crippen molar-refractivity contribution in [1.82, 2.24) is 49.0 Å². The largest absolute Gasteiger partial charge is 0.376 e. The number of carbonyl (C=O) groups excluding carboxylic acids is 7. The Morgan fingerprint density at radius 1 is 0.331 bits per heavy atom. The van der Waals surface area contributed by atoms with Gasteiger partial charge in [0.2, 0.25) is 41.4 Å². The van der Waals surface area contributed by atoms with Crippen molar-refractivity contribution in [2.45, 2.75) is 364 Å². The van der Waals surface area contributed by atoms with Gasteiger partial charge in [-0.05, 0) is 286 Å². The van der Waals surface area contributed by atoms with Crippen molar-refractivity contribution in [2.24, 2.45) is 71.4 Å². The van der Waals surface area contributed by atoms with E-state index in [2.05, 4.69) is 336 Å². The zero-order chi connectivity index (χ0) is 113. The van der Waals surface area contributed by atoms with Crippen LogP contribution >= 0.6 is 0 Å². The van der Waals surface area contributed by atoms with Crippen LogP contribution in [0.5, 0.6) is 0 Å². The molecule has 1 unspecified atom stereocenters. The Balaban J connectivity index is 0. The molecule has 10 rings (SSSR count). The molecule has 0 aromatic heterocycles. The fourth-order valence-corrected chi connectivity index (χ4v) is 17.1. The van der Waals surface area contributed by atoms with Crippen LogP contribution in [0, 0.1) is 71.4 Å². The summed E-state index contributed by atoms with van der Waals surface area (Å²) in [6, 6.07) is 15.9. The molecule has 2 N–H and O–H groups in total. The summed E-state index contributed by atoms with van der Waals surface area (Å²) >= 11 is 0. The van der Waals surface area contributed by atoms with E-state index in [0.717, 1.165) is 212 Å². The van der Waals surface area contributed by atoms with Crippen LogP contribution in [0.2, 0.25) is 0 Å². The van der Waals surface area contributed by atoms with Crippen LogP contribution in [-0.4, -0.2) is 280 Å². The topological polar surface area (TPSA) is 194 Å². The van der Waals surface area contributed by atoms with Crippen molar-refractivity contribution in [2.75, 3.05) is 188 Å². The van der Waals surface area contributed by atoms with Gasteiger partial charge in [-0.3, -0.25) is 48.3 Å². The molecule has 8 aliphatic rings. The number of aryl methyl sites for hydroxylation is 1. The van der Waals surface area contributed by atoms with Crippen molar-refractivity contribution in [3.63, 3.8) is 0 Å². The van der Waals surface area contributed by atoms with E-state index in [1.165, 1.54) is 144 Å². The number of amides is 7. The Hall–Kier alpha value is -7.37. The lowest BCUT2D eigenvalue weighted by Crippen LogP contribution is -2.54. The van der Waals surface area contributed by atoms with E-state index in [1.54, 1.807) is 4.90 Å². The second-order valence-corrected chi connectivity index (χ2v) is 55.4. The monoisotopic (exact) mass is 2070 g/mol. The van der Waals surface area contributed by atoms with Gasteiger partial charge in [0.1, 0.15) is 0 Å². The first-order valence-electron chi connectivity index (χ1n) is 56.0. The number of piperazine rings is 3. The van der Waals surface area contributed by atoms with Crippen LogP contribution in [0.15, 0.2) is 137 Å². The molecule has 852 valence electrons. The van der Waals surface area contributed by atoms with E-state index in [9.17, 15) is 33.6 Å². The van der Waals surface area contributed by atoms with Gasteiger partial charge in [-0.1, -0.05) is 325 Å². The molecule has 2 saturated carbocycles. The number of ether oxygens (including phenoxy) is 2. The maximum Gasteiger partial charge on any atom is 0.247 e. The van der Waals surface area contributed by atoms with Crippen molar-refractivity contribution in [3.8, 4) is 0 Å². The highest BCUT2D eigenvalue weighted by Gasteiger charge is 2.35. The van der Waals surface area contributed by atoms with E-state index in [1.807, 2.05) is 56.0 Å². The second-order valence-electron chi connectivity index (χ2n) is 55.4. The molecule has 0 radical (unpaired) electrons. The first-order valence-corrected chi connectivity index (χ1v) is 56.0. The van der Waals surface area contributed by atoms with Crippen molar-refractivity contribution >= 4 is 52.7 Å². The molecular weight excluding hydrogens is 1840 g/mol. The fraction of sp³-hybridized carbons (Fsp3) is 0.740. The van der Waals surface area contributed by atoms with Gasteiger partial charge in [0, 0.05) is 149 Å². The van der Waals surface area contributed by atoms with Gasteiger partial charge >= 0.3 is 0 Å². The number of anilines is 2. The zero-order valence-electron chi connectivity index (χ0n) is 101. The molecule has 8 fully saturated rings. The van der Waals surface area contributed by atoms with Gasteiger partial charge in [-0.2, -0.15) is 0 Å². The molecule has 0 spiro atoms. The molecule has 1 atom stereocenters. The molecule has 6 heterocycles. The van der Waals surface area contributed by atoms with Crippen molar-refractivity contribution in [3.05, 3.63) is 148 Å². The number of likely N-dealkylation sites (tertiary alicyclic amines) is 3. The standard InChI is InChI=1S/C15H21NO.C14H26N2O.C14H25NO2.C14H19NO.C13H24N2O.C12H22N2O.C12H21NO2.C10H21N.C8H16.C7H17N.C7H14.CH4/c1-5-14(17)16-13-8-6-12(7-9-13)10-11-15(2,3)4;1-5-13(17)16-11-9-15(10-12-16)8-6-7-14(2,3)4;1-5-13(16)15-9-6-7-12(11-15)17-10-8-14(2,3)4;1-5-13(16)15-12-8-6-11(7-9-12)10-14(2,3)4;1-5-12(16)15-10-8-14(9-11-15)7-6-13(2,3)4;1-5-11(15)14-8-6-13(7-9-14)10-12(2,3)4;1-5-11(14)13-8-10(9-13)15-7-6-12(2,3)4;1-10(2,3)9-11-7-5-4-6-8-11;1-8(2,3)6-7-4-5-7;1-7(2,3)6-8(4)5;1-7(2,3)6-4-5-6;/h5-9H,1,10-11H2,2-4H3,(H,16,17);5H,1,6-12H2,2-4H3;5,12H,1,6-11H2,2-4H3;5-9H,1,10H2,2-4H3,(H,15,16);5H,1,6-11H2,2-4H3;5H,1,6-10H2,2-4H3;5,10H,1,6-9H2,2-4H3;4-9H2,1-3H3;7H,4-6H2,1-3H3;6H2,1-5H3;6H,4-5H2,1-3H3;1H4. The Kier molecular flexibility index (Phi) is 67.6. The minimum absolute atomic E-state index is 0. The minimum atomic E-state index is -0.177. The third kappa shape index (κ3) is 80.5. The molecular formula is C127H230N12O9. The first kappa shape index (κ1) is 143. The predicted octanol–water partition coefficient (Wildman–Crippen LogP) is 26.9. The quantitative estimate of drug-likeness (QED) is 0.0802. The average Bonchev–Trinajstić information content (AvgIpc) is 1.62. The predicted molar refractivity (Wildman–Crippen MR) is 637 cm³/mol. The van der Waals surface area contributed by atoms with E-state index in [4.69, 9.17) is 9.47 Å². The molecule has 0 bridgehead atoms. The Morgan fingerprint density at radius 3 is 0.980 bits per heavy atom. The van der Waals surface area contributed by atoms with E-state index in [-0.39, 0.29) is 66.4 Å². The number of rotatable bonds is 27. The third-order valence-corrected chi connectivity index (χ3v) is 25.5. The highest BCUT2D eigenvalue weighted by Crippen LogP contribution is 2.45. The molecule has 148 heavy (non-hydrogen) atoms. The van der Waals surface area contributed by atoms with Gasteiger partial charge in [0.15, 0.2) is 0 Å². The van der Waals surface area contributed by atoms with Gasteiger partial charge in [0.25, 0.3) is 0 Å². The van der Waals surface area contributed by atoms with Crippen LogP contribution < -0.4 is 10.6 Å². The first-order chi connectivity index (χ1) is 67.6. The summed E-state index contributed by atoms with van der Waals surface area (Å²) in [5.41, 5.74) is 8.77. The molecule has 21 heteroatoms. The molecule has 6 aliphatic heterocycles. The number of piperidine rings is 2. The number of nitrogens with one attached hydrogen (secondary N) is 2. The Morgan fingerprint density at radius 2 is 0.676 bits per heavy atom.